The first-order valence-electron chi connectivity index (χ1n) is 9.89. The van der Waals surface area contributed by atoms with Crippen LogP contribution < -0.4 is 5.32 Å². The predicted molar refractivity (Wildman–Crippen MR) is 110 cm³/mol. The summed E-state index contributed by atoms with van der Waals surface area (Å²) in [5.41, 5.74) is 0. The summed E-state index contributed by atoms with van der Waals surface area (Å²) in [5, 5.41) is 42.8. The second-order valence-electron chi connectivity index (χ2n) is 8.62. The zero-order valence-corrected chi connectivity index (χ0v) is 19.0. The smallest absolute Gasteiger partial charge is 0.367 e. The average molecular weight is 450 g/mol. The number of ether oxygens (including phenoxy) is 3. The number of carbonyl (C=O) groups excluding carboxylic acids is 2. The molecule has 1 aliphatic rings. The van der Waals surface area contributed by atoms with Crippen molar-refractivity contribution in [2.75, 3.05) is 19.8 Å². The van der Waals surface area contributed by atoms with E-state index in [1.165, 1.54) is 13.0 Å². The van der Waals surface area contributed by atoms with Crippen molar-refractivity contribution in [2.45, 2.75) is 75.3 Å². The molecule has 1 amide bonds. The minimum absolute atomic E-state index is 0.126. The highest BCUT2D eigenvalue weighted by Crippen LogP contribution is 2.34. The van der Waals surface area contributed by atoms with Gasteiger partial charge in [-0.2, -0.15) is 0 Å². The van der Waals surface area contributed by atoms with Crippen LogP contribution >= 0.6 is 0 Å². The van der Waals surface area contributed by atoms with Crippen molar-refractivity contribution < 1.29 is 44.2 Å². The second kappa shape index (κ2) is 11.3. The van der Waals surface area contributed by atoms with Gasteiger partial charge in [0.15, 0.2) is 0 Å². The summed E-state index contributed by atoms with van der Waals surface area (Å²) in [4.78, 5) is 24.4. The number of aliphatic hydroxyl groups is 4. The molecular formula is C19H35NO9Si. The van der Waals surface area contributed by atoms with E-state index in [0.29, 0.717) is 6.04 Å². The molecule has 0 bridgehead atoms. The van der Waals surface area contributed by atoms with Crippen molar-refractivity contribution in [3.05, 3.63) is 12.7 Å². The van der Waals surface area contributed by atoms with Crippen molar-refractivity contribution in [1.29, 1.82) is 0 Å². The molecule has 5 N–H and O–H groups in total. The lowest BCUT2D eigenvalue weighted by Gasteiger charge is -2.47. The molecule has 1 heterocycles. The molecule has 0 radical (unpaired) electrons. The Kier molecular flexibility index (Phi) is 10.1. The summed E-state index contributed by atoms with van der Waals surface area (Å²) in [7, 11) is -1.54. The van der Waals surface area contributed by atoms with Crippen LogP contribution in [0.3, 0.4) is 0 Å². The zero-order chi connectivity index (χ0) is 23.1. The molecule has 1 aliphatic heterocycles. The van der Waals surface area contributed by atoms with Crippen LogP contribution in [0.5, 0.6) is 0 Å². The van der Waals surface area contributed by atoms with E-state index in [1.54, 1.807) is 0 Å². The van der Waals surface area contributed by atoms with E-state index in [2.05, 4.69) is 31.5 Å². The normalized spacial score (nSPS) is 29.0. The quantitative estimate of drug-likeness (QED) is 0.154. The lowest BCUT2D eigenvalue weighted by atomic mass is 9.88. The summed E-state index contributed by atoms with van der Waals surface area (Å²) in [6, 6.07) is -0.468. The summed E-state index contributed by atoms with van der Waals surface area (Å²) in [5.74, 6) is -3.49. The van der Waals surface area contributed by atoms with Gasteiger partial charge in [0, 0.05) is 28.0 Å². The fraction of sp³-hybridized carbons (Fsp3) is 0.789. The van der Waals surface area contributed by atoms with Crippen LogP contribution in [0.4, 0.5) is 0 Å². The number of hydrogen-bond acceptors (Lipinski definition) is 9. The zero-order valence-electron chi connectivity index (χ0n) is 18.0. The van der Waals surface area contributed by atoms with Crippen molar-refractivity contribution in [3.63, 3.8) is 0 Å². The summed E-state index contributed by atoms with van der Waals surface area (Å²) >= 11 is 0. The molecule has 0 aromatic carbocycles. The maximum absolute atomic E-state index is 12.8. The highest BCUT2D eigenvalue weighted by molar-refractivity contribution is 6.76. The summed E-state index contributed by atoms with van der Waals surface area (Å²) < 4.78 is 16.7. The number of esters is 1. The lowest BCUT2D eigenvalue weighted by Crippen LogP contribution is -2.68. The molecule has 0 aromatic rings. The highest BCUT2D eigenvalue weighted by Gasteiger charge is 2.56. The van der Waals surface area contributed by atoms with E-state index in [-0.39, 0.29) is 19.6 Å². The molecule has 0 aromatic heterocycles. The Labute approximate surface area is 177 Å². The Morgan fingerprint density at radius 1 is 1.37 bits per heavy atom. The Morgan fingerprint density at radius 2 is 2.00 bits per heavy atom. The topological polar surface area (TPSA) is 155 Å². The number of hydrogen-bond donors (Lipinski definition) is 5. The van der Waals surface area contributed by atoms with Gasteiger partial charge >= 0.3 is 5.97 Å². The van der Waals surface area contributed by atoms with Crippen molar-refractivity contribution in [3.8, 4) is 0 Å². The van der Waals surface area contributed by atoms with E-state index in [9.17, 15) is 30.0 Å². The van der Waals surface area contributed by atoms with Crippen LogP contribution in [-0.4, -0.2) is 96.4 Å². The first-order chi connectivity index (χ1) is 13.9. The van der Waals surface area contributed by atoms with Gasteiger partial charge in [0.2, 0.25) is 5.91 Å². The largest absolute Gasteiger partial charge is 0.457 e. The third-order valence-electron chi connectivity index (χ3n) is 4.69. The number of carbonyl (C=O) groups is 2. The summed E-state index contributed by atoms with van der Waals surface area (Å²) in [6.07, 6.45) is -5.19. The average Bonchev–Trinajstić information content (AvgIpc) is 2.65. The molecule has 0 aliphatic carbocycles. The van der Waals surface area contributed by atoms with Gasteiger partial charge in [-0.15, -0.1) is 0 Å². The van der Waals surface area contributed by atoms with Gasteiger partial charge in [-0.3, -0.25) is 4.79 Å². The predicted octanol–water partition coefficient (Wildman–Crippen LogP) is -0.865. The fourth-order valence-corrected chi connectivity index (χ4v) is 3.75. The molecule has 11 heteroatoms. The molecule has 0 saturated carbocycles. The Bertz CT molecular complexity index is 597. The lowest BCUT2D eigenvalue weighted by molar-refractivity contribution is -0.311. The molecule has 6 atom stereocenters. The highest BCUT2D eigenvalue weighted by atomic mass is 28.3. The monoisotopic (exact) mass is 449 g/mol. The van der Waals surface area contributed by atoms with Gasteiger partial charge in [0.1, 0.15) is 24.9 Å². The van der Waals surface area contributed by atoms with Gasteiger partial charge < -0.3 is 40.0 Å². The van der Waals surface area contributed by atoms with E-state index in [4.69, 9.17) is 14.2 Å². The number of amides is 1. The molecule has 1 fully saturated rings. The third kappa shape index (κ3) is 7.41. The minimum atomic E-state index is -2.06. The first-order valence-corrected chi connectivity index (χ1v) is 13.6. The van der Waals surface area contributed by atoms with E-state index >= 15 is 0 Å². The first kappa shape index (κ1) is 26.7. The summed E-state index contributed by atoms with van der Waals surface area (Å²) in [6.45, 7) is 10.3. The van der Waals surface area contributed by atoms with Gasteiger partial charge in [-0.1, -0.05) is 32.3 Å². The van der Waals surface area contributed by atoms with Crippen LogP contribution in [0.25, 0.3) is 0 Å². The molecule has 0 unspecified atom stereocenters. The van der Waals surface area contributed by atoms with Gasteiger partial charge in [-0.05, 0) is 6.04 Å². The fourth-order valence-electron chi connectivity index (χ4n) is 3.03. The third-order valence-corrected chi connectivity index (χ3v) is 6.40. The molecule has 1 saturated heterocycles. The Balaban J connectivity index is 3.26. The van der Waals surface area contributed by atoms with Gasteiger partial charge in [-0.25, -0.2) is 4.79 Å². The SMILES string of the molecule is C=CCOC(=O)[C@@]1(OCC[Si](C)(C)C)C[C@H](O)[C@@H](NC(C)=O)[C@H]([C@H](O)[C@H](O)CO)O1. The number of aliphatic hydroxyl groups excluding tert-OH is 4. The second-order valence-corrected chi connectivity index (χ2v) is 14.2. The Hall–Kier alpha value is -1.34. The maximum atomic E-state index is 12.8. The van der Waals surface area contributed by atoms with Crippen LogP contribution in [0, 0.1) is 0 Å². The minimum Gasteiger partial charge on any atom is -0.457 e. The number of nitrogens with one attached hydrogen (secondary N) is 1. The molecular weight excluding hydrogens is 414 g/mol. The van der Waals surface area contributed by atoms with Crippen LogP contribution in [0.1, 0.15) is 13.3 Å². The van der Waals surface area contributed by atoms with Crippen molar-refractivity contribution >= 4 is 20.0 Å². The van der Waals surface area contributed by atoms with Gasteiger partial charge in [0.25, 0.3) is 5.79 Å². The van der Waals surface area contributed by atoms with Crippen LogP contribution in [0.2, 0.25) is 25.7 Å². The van der Waals surface area contributed by atoms with Crippen molar-refractivity contribution in [2.24, 2.45) is 0 Å². The standard InChI is InChI=1S/C19H35NO9Si/c1-6-7-27-18(26)19(28-8-9-30(3,4)5)10-13(23)15(20-12(2)22)17(29-19)16(25)14(24)11-21/h6,13-17,21,23-25H,1,7-11H2,2-5H3,(H,20,22)/t13-,14+,15+,16+,17+,19+/m0/s1. The van der Waals surface area contributed by atoms with Crippen LogP contribution in [-0.2, 0) is 23.8 Å². The van der Waals surface area contributed by atoms with E-state index < -0.39 is 62.8 Å². The molecule has 1 rings (SSSR count). The van der Waals surface area contributed by atoms with E-state index in [0.717, 1.165) is 0 Å². The molecule has 174 valence electrons. The van der Waals surface area contributed by atoms with Crippen molar-refractivity contribution in [1.82, 2.24) is 5.32 Å². The molecule has 0 spiro atoms. The van der Waals surface area contributed by atoms with E-state index in [1.807, 2.05) is 0 Å². The molecule has 30 heavy (non-hydrogen) atoms. The number of rotatable bonds is 11. The van der Waals surface area contributed by atoms with Crippen LogP contribution in [0.15, 0.2) is 12.7 Å². The Morgan fingerprint density at radius 3 is 2.50 bits per heavy atom. The van der Waals surface area contributed by atoms with Gasteiger partial charge in [0.05, 0.1) is 18.8 Å². The molecule has 10 nitrogen and oxygen atoms in total. The maximum Gasteiger partial charge on any atom is 0.367 e.